The zero-order valence-corrected chi connectivity index (χ0v) is 11.2. The molecule has 106 valence electrons. The summed E-state index contributed by atoms with van der Waals surface area (Å²) >= 11 is 0. The van der Waals surface area contributed by atoms with E-state index in [1.54, 1.807) is 12.1 Å². The maximum Gasteiger partial charge on any atom is 0.263 e. The van der Waals surface area contributed by atoms with Gasteiger partial charge in [-0.15, -0.1) is 0 Å². The van der Waals surface area contributed by atoms with E-state index in [9.17, 15) is 13.9 Å². The van der Waals surface area contributed by atoms with Crippen molar-refractivity contribution in [2.24, 2.45) is 0 Å². The molecule has 1 atom stereocenters. The lowest BCUT2D eigenvalue weighted by Gasteiger charge is -2.13. The molecule has 0 radical (unpaired) electrons. The average Bonchev–Trinajstić information content (AvgIpc) is 2.54. The van der Waals surface area contributed by atoms with E-state index in [2.05, 4.69) is 0 Å². The Bertz CT molecular complexity index is 751. The minimum Gasteiger partial charge on any atom is -0.384 e. The third kappa shape index (κ3) is 2.78. The molecular weight excluding hydrogens is 270 g/mol. The molecule has 3 rings (SSSR count). The van der Waals surface area contributed by atoms with Gasteiger partial charge in [-0.25, -0.2) is 8.78 Å². The van der Waals surface area contributed by atoms with Gasteiger partial charge in [-0.3, -0.25) is 0 Å². The molecule has 1 nitrogen and oxygen atoms in total. The van der Waals surface area contributed by atoms with Crippen molar-refractivity contribution >= 4 is 10.8 Å². The number of aliphatic hydroxyl groups excluding tert-OH is 1. The monoisotopic (exact) mass is 284 g/mol. The molecule has 0 aliphatic heterocycles. The van der Waals surface area contributed by atoms with Crippen molar-refractivity contribution < 1.29 is 13.9 Å². The first-order valence-corrected chi connectivity index (χ1v) is 6.70. The summed E-state index contributed by atoms with van der Waals surface area (Å²) in [6.45, 7) is 0. The van der Waals surface area contributed by atoms with E-state index in [1.165, 1.54) is 12.1 Å². The van der Waals surface area contributed by atoms with Gasteiger partial charge in [0.15, 0.2) is 0 Å². The van der Waals surface area contributed by atoms with Gasteiger partial charge in [0.2, 0.25) is 0 Å². The second-order valence-corrected chi connectivity index (χ2v) is 4.98. The van der Waals surface area contributed by atoms with Gasteiger partial charge in [0, 0.05) is 5.56 Å². The van der Waals surface area contributed by atoms with Crippen LogP contribution in [0, 0.1) is 0 Å². The van der Waals surface area contributed by atoms with Crippen molar-refractivity contribution in [2.45, 2.75) is 12.5 Å². The predicted octanol–water partition coefficient (Wildman–Crippen LogP) is 4.86. The van der Waals surface area contributed by atoms with Crippen LogP contribution in [-0.4, -0.2) is 5.11 Å². The Morgan fingerprint density at radius 1 is 0.667 bits per heavy atom. The van der Waals surface area contributed by atoms with Gasteiger partial charge in [0.05, 0.1) is 0 Å². The molecule has 0 aliphatic rings. The molecule has 3 aromatic carbocycles. The summed E-state index contributed by atoms with van der Waals surface area (Å²) in [5, 5.41) is 12.5. The van der Waals surface area contributed by atoms with Crippen LogP contribution in [0.15, 0.2) is 66.7 Å². The van der Waals surface area contributed by atoms with E-state index in [0.29, 0.717) is 5.56 Å². The standard InChI is InChI=1S/C18H14F2O/c19-18(20)14-8-6-13(7-9-14)17(21)16-10-5-12-3-1-2-4-15(12)11-16/h1-11,17-18,21H. The number of rotatable bonds is 3. The number of alkyl halides is 2. The van der Waals surface area contributed by atoms with E-state index >= 15 is 0 Å². The van der Waals surface area contributed by atoms with Gasteiger partial charge in [0.1, 0.15) is 6.10 Å². The quantitative estimate of drug-likeness (QED) is 0.728. The fourth-order valence-electron chi connectivity index (χ4n) is 2.39. The second-order valence-electron chi connectivity index (χ2n) is 4.98. The maximum atomic E-state index is 12.5. The molecule has 0 bridgehead atoms. The second kappa shape index (κ2) is 5.62. The van der Waals surface area contributed by atoms with Crippen LogP contribution in [0.3, 0.4) is 0 Å². The molecule has 3 heteroatoms. The Labute approximate surface area is 121 Å². The number of hydrogen-bond donors (Lipinski definition) is 1. The van der Waals surface area contributed by atoms with E-state index in [4.69, 9.17) is 0 Å². The van der Waals surface area contributed by atoms with Crippen molar-refractivity contribution in [3.8, 4) is 0 Å². The van der Waals surface area contributed by atoms with Crippen LogP contribution in [0.25, 0.3) is 10.8 Å². The predicted molar refractivity (Wildman–Crippen MR) is 79.4 cm³/mol. The highest BCUT2D eigenvalue weighted by Crippen LogP contribution is 2.27. The van der Waals surface area contributed by atoms with Gasteiger partial charge in [0.25, 0.3) is 6.43 Å². The van der Waals surface area contributed by atoms with Crippen LogP contribution >= 0.6 is 0 Å². The molecule has 1 N–H and O–H groups in total. The molecule has 0 amide bonds. The maximum absolute atomic E-state index is 12.5. The third-order valence-corrected chi connectivity index (χ3v) is 3.59. The molecular formula is C18H14F2O. The first-order valence-electron chi connectivity index (χ1n) is 6.70. The fraction of sp³-hybridized carbons (Fsp3) is 0.111. The van der Waals surface area contributed by atoms with Crippen LogP contribution < -0.4 is 0 Å². The Hall–Kier alpha value is -2.26. The molecule has 1 unspecified atom stereocenters. The summed E-state index contributed by atoms with van der Waals surface area (Å²) in [6.07, 6.45) is -3.31. The summed E-state index contributed by atoms with van der Waals surface area (Å²) in [5.41, 5.74) is 1.32. The van der Waals surface area contributed by atoms with Crippen LogP contribution in [0.1, 0.15) is 29.2 Å². The first-order chi connectivity index (χ1) is 10.1. The lowest BCUT2D eigenvalue weighted by molar-refractivity contribution is 0.151. The minimum absolute atomic E-state index is 0.0375. The van der Waals surface area contributed by atoms with Gasteiger partial charge in [-0.1, -0.05) is 60.7 Å². The Morgan fingerprint density at radius 3 is 1.90 bits per heavy atom. The number of benzene rings is 3. The first kappa shape index (κ1) is 13.7. The molecule has 0 heterocycles. The number of halogens is 2. The van der Waals surface area contributed by atoms with E-state index in [1.807, 2.05) is 42.5 Å². The summed E-state index contributed by atoms with van der Waals surface area (Å²) in [6, 6.07) is 19.4. The highest BCUT2D eigenvalue weighted by Gasteiger charge is 2.12. The molecule has 0 aromatic heterocycles. The lowest BCUT2D eigenvalue weighted by Crippen LogP contribution is -2.00. The zero-order chi connectivity index (χ0) is 14.8. The minimum atomic E-state index is -2.49. The SMILES string of the molecule is OC(c1ccc(C(F)F)cc1)c1ccc2ccccc2c1. The number of aliphatic hydroxyl groups is 1. The topological polar surface area (TPSA) is 20.2 Å². The summed E-state index contributed by atoms with van der Waals surface area (Å²) in [5.74, 6) is 0. The van der Waals surface area contributed by atoms with Gasteiger partial charge in [-0.2, -0.15) is 0 Å². The smallest absolute Gasteiger partial charge is 0.263 e. The summed E-state index contributed by atoms with van der Waals surface area (Å²) in [4.78, 5) is 0. The van der Waals surface area contributed by atoms with Gasteiger partial charge >= 0.3 is 0 Å². The lowest BCUT2D eigenvalue weighted by atomic mass is 9.98. The highest BCUT2D eigenvalue weighted by molar-refractivity contribution is 5.83. The Kier molecular flexibility index (Phi) is 3.67. The molecule has 0 fully saturated rings. The van der Waals surface area contributed by atoms with Crippen molar-refractivity contribution in [1.29, 1.82) is 0 Å². The fourth-order valence-corrected chi connectivity index (χ4v) is 2.39. The highest BCUT2D eigenvalue weighted by atomic mass is 19.3. The van der Waals surface area contributed by atoms with Crippen LogP contribution in [-0.2, 0) is 0 Å². The van der Waals surface area contributed by atoms with Crippen LogP contribution in [0.4, 0.5) is 8.78 Å². The summed E-state index contributed by atoms with van der Waals surface area (Å²) < 4.78 is 25.1. The van der Waals surface area contributed by atoms with Crippen molar-refractivity contribution in [1.82, 2.24) is 0 Å². The van der Waals surface area contributed by atoms with Crippen LogP contribution in [0.2, 0.25) is 0 Å². The molecule has 0 aliphatic carbocycles. The van der Waals surface area contributed by atoms with Crippen molar-refractivity contribution in [3.63, 3.8) is 0 Å². The Morgan fingerprint density at radius 2 is 1.24 bits per heavy atom. The Balaban J connectivity index is 1.93. The zero-order valence-electron chi connectivity index (χ0n) is 11.2. The largest absolute Gasteiger partial charge is 0.384 e. The third-order valence-electron chi connectivity index (χ3n) is 3.59. The van der Waals surface area contributed by atoms with Crippen molar-refractivity contribution in [2.75, 3.05) is 0 Å². The van der Waals surface area contributed by atoms with E-state index in [-0.39, 0.29) is 5.56 Å². The number of hydrogen-bond acceptors (Lipinski definition) is 1. The summed E-state index contributed by atoms with van der Waals surface area (Å²) in [7, 11) is 0. The van der Waals surface area contributed by atoms with E-state index < -0.39 is 12.5 Å². The molecule has 0 saturated carbocycles. The van der Waals surface area contributed by atoms with Gasteiger partial charge < -0.3 is 5.11 Å². The molecule has 3 aromatic rings. The normalized spacial score (nSPS) is 12.8. The van der Waals surface area contributed by atoms with E-state index in [0.717, 1.165) is 16.3 Å². The van der Waals surface area contributed by atoms with Crippen molar-refractivity contribution in [3.05, 3.63) is 83.4 Å². The number of fused-ring (bicyclic) bond motifs is 1. The molecule has 0 saturated heterocycles. The average molecular weight is 284 g/mol. The van der Waals surface area contributed by atoms with Gasteiger partial charge in [-0.05, 0) is 28.0 Å². The molecule has 21 heavy (non-hydrogen) atoms. The molecule has 0 spiro atoms. The van der Waals surface area contributed by atoms with Crippen LogP contribution in [0.5, 0.6) is 0 Å².